The van der Waals surface area contributed by atoms with Crippen LogP contribution < -0.4 is 10.2 Å². The zero-order valence-corrected chi connectivity index (χ0v) is 15.7. The van der Waals surface area contributed by atoms with Crippen LogP contribution in [0.2, 0.25) is 0 Å². The number of ether oxygens (including phenoxy) is 1. The summed E-state index contributed by atoms with van der Waals surface area (Å²) in [5.74, 6) is 1.38. The summed E-state index contributed by atoms with van der Waals surface area (Å²) in [6, 6.07) is 23.3. The zero-order chi connectivity index (χ0) is 19.4. The molecule has 1 aromatic heterocycles. The number of nitrogens with one attached hydrogen (secondary N) is 1. The average Bonchev–Trinajstić information content (AvgIpc) is 2.75. The normalized spacial score (nSPS) is 11.8. The van der Waals surface area contributed by atoms with E-state index in [0.717, 1.165) is 17.0 Å². The van der Waals surface area contributed by atoms with E-state index in [2.05, 4.69) is 20.5 Å². The maximum absolute atomic E-state index is 5.47. The molecule has 5 nitrogen and oxygen atoms in total. The van der Waals surface area contributed by atoms with E-state index in [9.17, 15) is 0 Å². The van der Waals surface area contributed by atoms with Crippen LogP contribution in [0, 0.1) is 0 Å². The highest BCUT2D eigenvalue weighted by Crippen LogP contribution is 2.18. The third-order valence-corrected chi connectivity index (χ3v) is 3.72. The molecule has 1 heterocycles. The molecule has 140 valence electrons. The Balaban J connectivity index is 1.74. The molecule has 0 amide bonds. The predicted octanol–water partition coefficient (Wildman–Crippen LogP) is 4.85. The van der Waals surface area contributed by atoms with Gasteiger partial charge in [0.05, 0.1) is 12.3 Å². The van der Waals surface area contributed by atoms with E-state index in [-0.39, 0.29) is 0 Å². The number of aliphatic imine (C=N–C) groups is 1. The SMILES string of the molecule is CCOc1ccc(N=C(N/N=C/C=C/c2ccccc2)c2ccccn2)cc1. The van der Waals surface area contributed by atoms with Crippen molar-refractivity contribution in [1.29, 1.82) is 0 Å². The molecule has 0 aliphatic carbocycles. The van der Waals surface area contributed by atoms with Gasteiger partial charge in [0.15, 0.2) is 5.84 Å². The van der Waals surface area contributed by atoms with Gasteiger partial charge in [-0.25, -0.2) is 4.99 Å². The molecule has 3 rings (SSSR count). The quantitative estimate of drug-likeness (QED) is 0.367. The molecule has 0 aliphatic heterocycles. The fraction of sp³-hybridized carbons (Fsp3) is 0.0870. The van der Waals surface area contributed by atoms with Gasteiger partial charge in [0.2, 0.25) is 0 Å². The Morgan fingerprint density at radius 1 is 1.00 bits per heavy atom. The molecule has 0 fully saturated rings. The van der Waals surface area contributed by atoms with Crippen LogP contribution in [-0.2, 0) is 0 Å². The molecule has 0 aliphatic rings. The second-order valence-electron chi connectivity index (χ2n) is 5.76. The standard InChI is InChI=1S/C23H22N4O/c1-2-28-21-15-13-20(14-16-21)26-23(22-12-6-7-17-24-22)27-25-18-8-11-19-9-4-3-5-10-19/h3-18H,2H2,1H3,(H,26,27)/b11-8+,25-18+. The Kier molecular flexibility index (Phi) is 7.09. The summed E-state index contributed by atoms with van der Waals surface area (Å²) in [6.07, 6.45) is 7.26. The summed E-state index contributed by atoms with van der Waals surface area (Å²) in [4.78, 5) is 8.99. The molecular weight excluding hydrogens is 348 g/mol. The van der Waals surface area contributed by atoms with Crippen molar-refractivity contribution >= 4 is 23.8 Å². The number of nitrogens with zero attached hydrogens (tertiary/aromatic N) is 3. The number of rotatable bonds is 7. The van der Waals surface area contributed by atoms with Gasteiger partial charge in [-0.1, -0.05) is 42.5 Å². The number of amidine groups is 1. The van der Waals surface area contributed by atoms with E-state index in [1.807, 2.05) is 91.9 Å². The number of aromatic nitrogens is 1. The van der Waals surface area contributed by atoms with Crippen LogP contribution in [0.4, 0.5) is 5.69 Å². The van der Waals surface area contributed by atoms with Crippen LogP contribution >= 0.6 is 0 Å². The van der Waals surface area contributed by atoms with E-state index in [0.29, 0.717) is 18.1 Å². The van der Waals surface area contributed by atoms with Gasteiger partial charge < -0.3 is 4.74 Å². The topological polar surface area (TPSA) is 58.9 Å². The summed E-state index contributed by atoms with van der Waals surface area (Å²) in [6.45, 7) is 2.59. The molecule has 0 atom stereocenters. The summed E-state index contributed by atoms with van der Waals surface area (Å²) in [5.41, 5.74) is 5.59. The molecule has 0 radical (unpaired) electrons. The molecule has 0 saturated heterocycles. The van der Waals surface area contributed by atoms with E-state index >= 15 is 0 Å². The van der Waals surface area contributed by atoms with Gasteiger partial charge in [-0.15, -0.1) is 0 Å². The highest BCUT2D eigenvalue weighted by molar-refractivity contribution is 5.99. The Morgan fingerprint density at radius 3 is 2.50 bits per heavy atom. The second kappa shape index (κ2) is 10.4. The van der Waals surface area contributed by atoms with Crippen LogP contribution in [0.15, 0.2) is 95.2 Å². The van der Waals surface area contributed by atoms with Crippen LogP contribution in [0.5, 0.6) is 5.75 Å². The molecule has 0 bridgehead atoms. The maximum Gasteiger partial charge on any atom is 0.172 e. The highest BCUT2D eigenvalue weighted by Gasteiger charge is 2.04. The lowest BCUT2D eigenvalue weighted by Crippen LogP contribution is -2.19. The number of pyridine rings is 1. The molecule has 2 aromatic carbocycles. The molecule has 3 aromatic rings. The summed E-state index contributed by atoms with van der Waals surface area (Å²) in [5, 5.41) is 4.25. The van der Waals surface area contributed by atoms with Gasteiger partial charge in [-0.05, 0) is 55.0 Å². The minimum Gasteiger partial charge on any atom is -0.494 e. The van der Waals surface area contributed by atoms with Gasteiger partial charge in [-0.2, -0.15) is 5.10 Å². The molecule has 1 N–H and O–H groups in total. The van der Waals surface area contributed by atoms with Crippen molar-refractivity contribution in [2.45, 2.75) is 6.92 Å². The third kappa shape index (κ3) is 5.92. The van der Waals surface area contributed by atoms with Crippen molar-refractivity contribution in [3.05, 3.63) is 96.3 Å². The van der Waals surface area contributed by atoms with Crippen LogP contribution in [0.1, 0.15) is 18.2 Å². The number of hydrogen-bond donors (Lipinski definition) is 1. The third-order valence-electron chi connectivity index (χ3n) is 3.72. The second-order valence-corrected chi connectivity index (χ2v) is 5.76. The lowest BCUT2D eigenvalue weighted by atomic mass is 10.2. The first kappa shape index (κ1) is 19.0. The molecule has 28 heavy (non-hydrogen) atoms. The molecule has 0 unspecified atom stereocenters. The largest absolute Gasteiger partial charge is 0.494 e. The summed E-state index contributed by atoms with van der Waals surface area (Å²) in [7, 11) is 0. The minimum atomic E-state index is 0.564. The lowest BCUT2D eigenvalue weighted by Gasteiger charge is -2.06. The van der Waals surface area contributed by atoms with E-state index < -0.39 is 0 Å². The zero-order valence-electron chi connectivity index (χ0n) is 15.7. The molecular formula is C23H22N4O. The average molecular weight is 370 g/mol. The number of hydrogen-bond acceptors (Lipinski definition) is 4. The lowest BCUT2D eigenvalue weighted by molar-refractivity contribution is 0.340. The van der Waals surface area contributed by atoms with Gasteiger partial charge >= 0.3 is 0 Å². The van der Waals surface area contributed by atoms with Crippen molar-refractivity contribution in [1.82, 2.24) is 10.4 Å². The number of hydrazone groups is 1. The Bertz CT molecular complexity index is 933. The van der Waals surface area contributed by atoms with Crippen molar-refractivity contribution in [3.8, 4) is 5.75 Å². The minimum absolute atomic E-state index is 0.564. The predicted molar refractivity (Wildman–Crippen MR) is 115 cm³/mol. The number of benzene rings is 2. The number of allylic oxidation sites excluding steroid dienone is 1. The monoisotopic (exact) mass is 370 g/mol. The Labute approximate surface area is 165 Å². The Morgan fingerprint density at radius 2 is 1.79 bits per heavy atom. The molecule has 5 heteroatoms. The van der Waals surface area contributed by atoms with Crippen molar-refractivity contribution in [2.24, 2.45) is 10.1 Å². The van der Waals surface area contributed by atoms with Crippen LogP contribution in [0.3, 0.4) is 0 Å². The van der Waals surface area contributed by atoms with Crippen molar-refractivity contribution in [2.75, 3.05) is 6.61 Å². The van der Waals surface area contributed by atoms with E-state index in [4.69, 9.17) is 4.74 Å². The van der Waals surface area contributed by atoms with Crippen LogP contribution in [-0.4, -0.2) is 23.6 Å². The summed E-state index contributed by atoms with van der Waals surface area (Å²) >= 11 is 0. The van der Waals surface area contributed by atoms with Gasteiger partial charge in [-0.3, -0.25) is 10.4 Å². The first-order valence-corrected chi connectivity index (χ1v) is 9.09. The van der Waals surface area contributed by atoms with Gasteiger partial charge in [0.1, 0.15) is 11.4 Å². The maximum atomic E-state index is 5.47. The first-order chi connectivity index (χ1) is 13.8. The van der Waals surface area contributed by atoms with E-state index in [1.54, 1.807) is 12.4 Å². The fourth-order valence-corrected chi connectivity index (χ4v) is 2.41. The smallest absolute Gasteiger partial charge is 0.172 e. The molecule has 0 saturated carbocycles. The van der Waals surface area contributed by atoms with Crippen molar-refractivity contribution in [3.63, 3.8) is 0 Å². The van der Waals surface area contributed by atoms with Gasteiger partial charge in [0.25, 0.3) is 0 Å². The first-order valence-electron chi connectivity index (χ1n) is 9.09. The summed E-state index contributed by atoms with van der Waals surface area (Å²) < 4.78 is 5.47. The Hall–Kier alpha value is -3.73. The highest BCUT2D eigenvalue weighted by atomic mass is 16.5. The van der Waals surface area contributed by atoms with Gasteiger partial charge in [0, 0.05) is 12.4 Å². The van der Waals surface area contributed by atoms with E-state index in [1.165, 1.54) is 0 Å². The molecule has 0 spiro atoms. The fourth-order valence-electron chi connectivity index (χ4n) is 2.41. The van der Waals surface area contributed by atoms with Crippen molar-refractivity contribution < 1.29 is 4.74 Å². The van der Waals surface area contributed by atoms with Crippen LogP contribution in [0.25, 0.3) is 6.08 Å².